The minimum Gasteiger partial charge on any atom is -0.336 e. The van der Waals surface area contributed by atoms with Crippen LogP contribution < -0.4 is 5.32 Å². The Morgan fingerprint density at radius 1 is 1.44 bits per heavy atom. The van der Waals surface area contributed by atoms with E-state index in [4.69, 9.17) is 0 Å². The average Bonchev–Trinajstić information content (AvgIpc) is 2.36. The predicted molar refractivity (Wildman–Crippen MR) is 71.9 cm³/mol. The Hall–Kier alpha value is -1.68. The fraction of sp³-hybridized carbons (Fsp3) is 0.429. The third kappa shape index (κ3) is 3.40. The van der Waals surface area contributed by atoms with E-state index in [-0.39, 0.29) is 5.91 Å². The van der Waals surface area contributed by atoms with Gasteiger partial charge in [-0.15, -0.1) is 0 Å². The van der Waals surface area contributed by atoms with Crippen molar-refractivity contribution in [3.8, 4) is 0 Å². The molecule has 1 amide bonds. The number of nitrogens with zero attached hydrogens (tertiary/aromatic N) is 2. The lowest BCUT2D eigenvalue weighted by Gasteiger charge is -2.35. The molecule has 2 unspecified atom stereocenters. The van der Waals surface area contributed by atoms with Crippen molar-refractivity contribution in [2.24, 2.45) is 0 Å². The highest BCUT2D eigenvalue weighted by Gasteiger charge is 2.23. The van der Waals surface area contributed by atoms with Crippen molar-refractivity contribution in [3.05, 3.63) is 36.2 Å². The molecule has 0 aliphatic carbocycles. The smallest absolute Gasteiger partial charge is 0.246 e. The van der Waals surface area contributed by atoms with Crippen LogP contribution in [0, 0.1) is 0 Å². The molecule has 96 valence electrons. The third-order valence-electron chi connectivity index (χ3n) is 2.97. The summed E-state index contributed by atoms with van der Waals surface area (Å²) in [6.07, 6.45) is 6.90. The molecular formula is C14H19N3O. The topological polar surface area (TPSA) is 45.2 Å². The molecule has 1 fully saturated rings. The van der Waals surface area contributed by atoms with Crippen LogP contribution in [-0.4, -0.2) is 41.0 Å². The van der Waals surface area contributed by atoms with Crippen molar-refractivity contribution in [3.63, 3.8) is 0 Å². The zero-order valence-corrected chi connectivity index (χ0v) is 10.8. The van der Waals surface area contributed by atoms with Crippen molar-refractivity contribution in [2.45, 2.75) is 25.9 Å². The van der Waals surface area contributed by atoms with Crippen LogP contribution in [0.5, 0.6) is 0 Å². The van der Waals surface area contributed by atoms with Crippen LogP contribution in [-0.2, 0) is 4.79 Å². The normalized spacial score (nSPS) is 24.4. The van der Waals surface area contributed by atoms with Gasteiger partial charge >= 0.3 is 0 Å². The highest BCUT2D eigenvalue weighted by atomic mass is 16.2. The molecule has 0 aromatic carbocycles. The van der Waals surface area contributed by atoms with E-state index in [2.05, 4.69) is 24.1 Å². The van der Waals surface area contributed by atoms with E-state index in [1.807, 2.05) is 23.1 Å². The van der Waals surface area contributed by atoms with Crippen LogP contribution in [0.25, 0.3) is 6.08 Å². The Balaban J connectivity index is 1.97. The average molecular weight is 245 g/mol. The van der Waals surface area contributed by atoms with Gasteiger partial charge in [0.15, 0.2) is 0 Å². The van der Waals surface area contributed by atoms with Crippen molar-refractivity contribution in [2.75, 3.05) is 13.1 Å². The van der Waals surface area contributed by atoms with Crippen LogP contribution in [0.1, 0.15) is 19.4 Å². The van der Waals surface area contributed by atoms with Gasteiger partial charge in [-0.2, -0.15) is 0 Å². The summed E-state index contributed by atoms with van der Waals surface area (Å²) in [5.74, 6) is 0.0686. The summed E-state index contributed by atoms with van der Waals surface area (Å²) < 4.78 is 0. The SMILES string of the molecule is CC1CN(C(=O)C=Cc2cccnc2)CC(C)N1. The number of hydrogen-bond donors (Lipinski definition) is 1. The van der Waals surface area contributed by atoms with Gasteiger partial charge in [0, 0.05) is 43.6 Å². The van der Waals surface area contributed by atoms with Crippen LogP contribution in [0.4, 0.5) is 0 Å². The first-order chi connectivity index (χ1) is 8.65. The van der Waals surface area contributed by atoms with Crippen molar-refractivity contribution in [1.82, 2.24) is 15.2 Å². The van der Waals surface area contributed by atoms with Crippen LogP contribution >= 0.6 is 0 Å². The summed E-state index contributed by atoms with van der Waals surface area (Å²) in [5, 5.41) is 3.41. The molecule has 2 heterocycles. The molecule has 1 aromatic rings. The zero-order valence-electron chi connectivity index (χ0n) is 10.8. The first kappa shape index (κ1) is 12.8. The molecule has 18 heavy (non-hydrogen) atoms. The Morgan fingerprint density at radius 2 is 2.17 bits per heavy atom. The van der Waals surface area contributed by atoms with Crippen LogP contribution in [0.2, 0.25) is 0 Å². The van der Waals surface area contributed by atoms with Gasteiger partial charge in [-0.1, -0.05) is 6.07 Å². The number of aromatic nitrogens is 1. The first-order valence-electron chi connectivity index (χ1n) is 6.28. The molecule has 2 rings (SSSR count). The molecule has 0 bridgehead atoms. The highest BCUT2D eigenvalue weighted by Crippen LogP contribution is 2.06. The predicted octanol–water partition coefficient (Wildman–Crippen LogP) is 1.30. The summed E-state index contributed by atoms with van der Waals surface area (Å²) in [6.45, 7) is 5.72. The molecule has 1 aliphatic rings. The van der Waals surface area contributed by atoms with Gasteiger partial charge in [-0.25, -0.2) is 0 Å². The van der Waals surface area contributed by atoms with Gasteiger partial charge in [0.1, 0.15) is 0 Å². The van der Waals surface area contributed by atoms with E-state index in [0.29, 0.717) is 12.1 Å². The highest BCUT2D eigenvalue weighted by molar-refractivity contribution is 5.91. The van der Waals surface area contributed by atoms with E-state index in [0.717, 1.165) is 18.7 Å². The maximum absolute atomic E-state index is 12.1. The standard InChI is InChI=1S/C14H19N3O/c1-11-9-17(10-12(2)16-11)14(18)6-5-13-4-3-7-15-8-13/h3-8,11-12,16H,9-10H2,1-2H3. The number of carbonyl (C=O) groups is 1. The quantitative estimate of drug-likeness (QED) is 0.799. The number of amides is 1. The molecule has 1 aliphatic heterocycles. The van der Waals surface area contributed by atoms with Crippen molar-refractivity contribution < 1.29 is 4.79 Å². The molecule has 0 spiro atoms. The summed E-state index contributed by atoms with van der Waals surface area (Å²) in [7, 11) is 0. The fourth-order valence-corrected chi connectivity index (χ4v) is 2.25. The van der Waals surface area contributed by atoms with E-state index in [9.17, 15) is 4.79 Å². The molecule has 1 aromatic heterocycles. The number of piperazine rings is 1. The number of pyridine rings is 1. The van der Waals surface area contributed by atoms with Crippen molar-refractivity contribution in [1.29, 1.82) is 0 Å². The molecule has 2 atom stereocenters. The molecular weight excluding hydrogens is 226 g/mol. The van der Waals surface area contributed by atoms with Gasteiger partial charge in [0.25, 0.3) is 0 Å². The largest absolute Gasteiger partial charge is 0.336 e. The second-order valence-corrected chi connectivity index (χ2v) is 4.83. The summed E-state index contributed by atoms with van der Waals surface area (Å²) in [6, 6.07) is 4.49. The maximum Gasteiger partial charge on any atom is 0.246 e. The summed E-state index contributed by atoms with van der Waals surface area (Å²) in [4.78, 5) is 18.0. The fourth-order valence-electron chi connectivity index (χ4n) is 2.25. The lowest BCUT2D eigenvalue weighted by molar-refractivity contribution is -0.127. The monoisotopic (exact) mass is 245 g/mol. The lowest BCUT2D eigenvalue weighted by Crippen LogP contribution is -2.55. The van der Waals surface area contributed by atoms with Crippen LogP contribution in [0.3, 0.4) is 0 Å². The van der Waals surface area contributed by atoms with E-state index < -0.39 is 0 Å². The summed E-state index contributed by atoms with van der Waals surface area (Å²) in [5.41, 5.74) is 0.946. The Bertz CT molecular complexity index is 420. The molecule has 4 heteroatoms. The lowest BCUT2D eigenvalue weighted by atomic mass is 10.1. The first-order valence-corrected chi connectivity index (χ1v) is 6.28. The molecule has 0 saturated carbocycles. The van der Waals surface area contributed by atoms with E-state index in [1.165, 1.54) is 0 Å². The molecule has 4 nitrogen and oxygen atoms in total. The van der Waals surface area contributed by atoms with E-state index >= 15 is 0 Å². The third-order valence-corrected chi connectivity index (χ3v) is 2.97. The maximum atomic E-state index is 12.1. The number of rotatable bonds is 2. The Kier molecular flexibility index (Phi) is 4.10. The minimum atomic E-state index is 0.0686. The number of carbonyl (C=O) groups excluding carboxylic acids is 1. The van der Waals surface area contributed by atoms with Gasteiger partial charge in [-0.3, -0.25) is 9.78 Å². The number of hydrogen-bond acceptors (Lipinski definition) is 3. The van der Waals surface area contributed by atoms with Gasteiger partial charge in [0.05, 0.1) is 0 Å². The van der Waals surface area contributed by atoms with E-state index in [1.54, 1.807) is 18.5 Å². The van der Waals surface area contributed by atoms with Crippen LogP contribution in [0.15, 0.2) is 30.6 Å². The Morgan fingerprint density at radius 3 is 2.78 bits per heavy atom. The second kappa shape index (κ2) is 5.78. The van der Waals surface area contributed by atoms with Gasteiger partial charge in [0.2, 0.25) is 5.91 Å². The molecule has 0 radical (unpaired) electrons. The molecule has 1 N–H and O–H groups in total. The number of nitrogens with one attached hydrogen (secondary N) is 1. The summed E-state index contributed by atoms with van der Waals surface area (Å²) >= 11 is 0. The second-order valence-electron chi connectivity index (χ2n) is 4.83. The Labute approximate surface area is 108 Å². The molecule has 1 saturated heterocycles. The minimum absolute atomic E-state index is 0.0686. The zero-order chi connectivity index (χ0) is 13.0. The van der Waals surface area contributed by atoms with Crippen molar-refractivity contribution >= 4 is 12.0 Å². The van der Waals surface area contributed by atoms with Gasteiger partial charge < -0.3 is 10.2 Å². The van der Waals surface area contributed by atoms with Gasteiger partial charge in [-0.05, 0) is 31.6 Å².